The van der Waals surface area contributed by atoms with Gasteiger partial charge in [-0.2, -0.15) is 0 Å². The number of carbonyl (C=O) groups is 1. The SMILES string of the molecule is CCCCCCN(CCCCCC)CCc1cc(Cl)sc1C(=O)c1sc(Cl)cc1CCN(CCCCCC)CCCCCC. The van der Waals surface area contributed by atoms with Crippen molar-refractivity contribution >= 4 is 51.7 Å². The Hall–Kier alpha value is -0.430. The van der Waals surface area contributed by atoms with Crippen molar-refractivity contribution in [3.05, 3.63) is 41.7 Å². The van der Waals surface area contributed by atoms with Gasteiger partial charge in [-0.3, -0.25) is 4.79 Å². The van der Waals surface area contributed by atoms with Gasteiger partial charge in [-0.15, -0.1) is 22.7 Å². The van der Waals surface area contributed by atoms with E-state index in [1.165, 1.54) is 125 Å². The maximum absolute atomic E-state index is 14.1. The third kappa shape index (κ3) is 15.9. The molecule has 0 radical (unpaired) electrons. The highest BCUT2D eigenvalue weighted by Gasteiger charge is 2.23. The molecule has 0 unspecified atom stereocenters. The quantitative estimate of drug-likeness (QED) is 0.0658. The van der Waals surface area contributed by atoms with Gasteiger partial charge < -0.3 is 9.80 Å². The van der Waals surface area contributed by atoms with Crippen molar-refractivity contribution in [3.8, 4) is 0 Å². The molecule has 0 aliphatic carbocycles. The first kappa shape index (κ1) is 39.7. The van der Waals surface area contributed by atoms with Crippen molar-refractivity contribution < 1.29 is 4.79 Å². The Bertz CT molecular complexity index is 919. The number of halogens is 2. The molecule has 0 aliphatic rings. The van der Waals surface area contributed by atoms with E-state index >= 15 is 0 Å². The summed E-state index contributed by atoms with van der Waals surface area (Å²) in [5.74, 6) is 0.110. The molecule has 2 rings (SSSR count). The highest BCUT2D eigenvalue weighted by molar-refractivity contribution is 7.21. The van der Waals surface area contributed by atoms with E-state index in [1.54, 1.807) is 0 Å². The summed E-state index contributed by atoms with van der Waals surface area (Å²) in [6.07, 6.45) is 22.2. The molecular formula is C37H62Cl2N2OS2. The van der Waals surface area contributed by atoms with E-state index in [2.05, 4.69) is 37.5 Å². The first-order chi connectivity index (χ1) is 21.4. The van der Waals surface area contributed by atoms with Crippen molar-refractivity contribution in [2.24, 2.45) is 0 Å². The monoisotopic (exact) mass is 684 g/mol. The van der Waals surface area contributed by atoms with Crippen LogP contribution in [0.15, 0.2) is 12.1 Å². The van der Waals surface area contributed by atoms with Crippen LogP contribution in [0.25, 0.3) is 0 Å². The largest absolute Gasteiger partial charge is 0.303 e. The molecule has 2 heterocycles. The molecule has 2 aromatic rings. The third-order valence-electron chi connectivity index (χ3n) is 8.68. The molecule has 0 aromatic carbocycles. The van der Waals surface area contributed by atoms with Gasteiger partial charge in [-0.1, -0.05) is 128 Å². The van der Waals surface area contributed by atoms with Gasteiger partial charge in [0.15, 0.2) is 0 Å². The topological polar surface area (TPSA) is 23.6 Å². The van der Waals surface area contributed by atoms with Crippen LogP contribution in [0.2, 0.25) is 8.67 Å². The lowest BCUT2D eigenvalue weighted by Gasteiger charge is -2.23. The Morgan fingerprint density at radius 1 is 0.523 bits per heavy atom. The number of hydrogen-bond acceptors (Lipinski definition) is 5. The summed E-state index contributed by atoms with van der Waals surface area (Å²) < 4.78 is 1.41. The molecule has 0 spiro atoms. The number of unbranched alkanes of at least 4 members (excludes halogenated alkanes) is 12. The fourth-order valence-electron chi connectivity index (χ4n) is 5.93. The van der Waals surface area contributed by atoms with Gasteiger partial charge in [-0.25, -0.2) is 0 Å². The van der Waals surface area contributed by atoms with Gasteiger partial charge >= 0.3 is 0 Å². The summed E-state index contributed by atoms with van der Waals surface area (Å²) in [6.45, 7) is 15.6. The van der Waals surface area contributed by atoms with Crippen molar-refractivity contribution in [2.45, 2.75) is 143 Å². The summed E-state index contributed by atoms with van der Waals surface area (Å²) >= 11 is 16.0. The standard InChI is InChI=1S/C37H62Cl2N2OS2/c1-5-9-13-17-23-40(24-18-14-10-6-2)27-21-31-29-33(38)43-36(31)35(42)37-32(30-34(39)44-37)22-28-41(25-19-15-11-7-3)26-20-16-12-8-4/h29-30H,5-28H2,1-4H3. The number of carbonyl (C=O) groups excluding carboxylic acids is 1. The second-order valence-corrected chi connectivity index (χ2v) is 15.9. The Morgan fingerprint density at radius 2 is 0.841 bits per heavy atom. The number of rotatable bonds is 28. The molecule has 0 aliphatic heterocycles. The van der Waals surface area contributed by atoms with Gasteiger partial charge in [0.05, 0.1) is 18.4 Å². The molecule has 0 N–H and O–H groups in total. The lowest BCUT2D eigenvalue weighted by atomic mass is 10.1. The third-order valence-corrected chi connectivity index (χ3v) is 11.3. The van der Waals surface area contributed by atoms with Crippen molar-refractivity contribution in [2.75, 3.05) is 39.3 Å². The maximum atomic E-state index is 14.1. The van der Waals surface area contributed by atoms with Gasteiger partial charge in [0.2, 0.25) is 5.78 Å². The number of nitrogens with zero attached hydrogens (tertiary/aromatic N) is 2. The van der Waals surface area contributed by atoms with E-state index in [-0.39, 0.29) is 5.78 Å². The van der Waals surface area contributed by atoms with E-state index in [0.717, 1.165) is 73.0 Å². The minimum absolute atomic E-state index is 0.110. The minimum atomic E-state index is 0.110. The van der Waals surface area contributed by atoms with E-state index in [0.29, 0.717) is 8.67 Å². The molecule has 2 aromatic heterocycles. The first-order valence-electron chi connectivity index (χ1n) is 18.0. The molecule has 3 nitrogen and oxygen atoms in total. The van der Waals surface area contributed by atoms with Crippen LogP contribution in [0.1, 0.15) is 156 Å². The average Bonchev–Trinajstić information content (AvgIpc) is 3.59. The van der Waals surface area contributed by atoms with Gasteiger partial charge in [-0.05, 0) is 88.0 Å². The first-order valence-corrected chi connectivity index (χ1v) is 20.4. The normalized spacial score (nSPS) is 11.8. The van der Waals surface area contributed by atoms with E-state index in [1.807, 2.05) is 12.1 Å². The molecule has 7 heteroatoms. The van der Waals surface area contributed by atoms with Crippen molar-refractivity contribution in [1.29, 1.82) is 0 Å². The zero-order valence-electron chi connectivity index (χ0n) is 28.5. The zero-order valence-corrected chi connectivity index (χ0v) is 31.6. The Balaban J connectivity index is 2.09. The van der Waals surface area contributed by atoms with E-state index in [4.69, 9.17) is 23.2 Å². The number of hydrogen-bond donors (Lipinski definition) is 0. The smallest absolute Gasteiger partial charge is 0.213 e. The highest BCUT2D eigenvalue weighted by atomic mass is 35.5. The average molecular weight is 686 g/mol. The molecule has 0 bridgehead atoms. The summed E-state index contributed by atoms with van der Waals surface area (Å²) in [6, 6.07) is 4.07. The van der Waals surface area contributed by atoms with Crippen LogP contribution in [0.3, 0.4) is 0 Å². The van der Waals surface area contributed by atoms with Crippen LogP contribution in [0.4, 0.5) is 0 Å². The fourth-order valence-corrected chi connectivity index (χ4v) is 8.48. The Morgan fingerprint density at radius 3 is 1.14 bits per heavy atom. The summed E-state index contributed by atoms with van der Waals surface area (Å²) in [4.78, 5) is 20.9. The van der Waals surface area contributed by atoms with Gasteiger partial charge in [0.1, 0.15) is 0 Å². The molecule has 0 fully saturated rings. The Kier molecular flexibility index (Phi) is 22.3. The van der Waals surface area contributed by atoms with Gasteiger partial charge in [0, 0.05) is 13.1 Å². The predicted octanol–water partition coefficient (Wildman–Crippen LogP) is 12.4. The van der Waals surface area contributed by atoms with Crippen molar-refractivity contribution in [1.82, 2.24) is 9.80 Å². The molecular weight excluding hydrogens is 623 g/mol. The zero-order chi connectivity index (χ0) is 32.0. The summed E-state index contributed by atoms with van der Waals surface area (Å²) in [5.41, 5.74) is 2.20. The molecule has 44 heavy (non-hydrogen) atoms. The second-order valence-electron chi connectivity index (χ2n) is 12.6. The lowest BCUT2D eigenvalue weighted by molar-refractivity contribution is 0.104. The van der Waals surface area contributed by atoms with Crippen LogP contribution >= 0.6 is 45.9 Å². The maximum Gasteiger partial charge on any atom is 0.213 e. The molecule has 0 saturated heterocycles. The highest BCUT2D eigenvalue weighted by Crippen LogP contribution is 2.35. The molecule has 0 atom stereocenters. The summed E-state index contributed by atoms with van der Waals surface area (Å²) in [7, 11) is 0. The van der Waals surface area contributed by atoms with Gasteiger partial charge in [0.25, 0.3) is 0 Å². The Labute approximate surface area is 289 Å². The second kappa shape index (κ2) is 24.7. The fraction of sp³-hybridized carbons (Fsp3) is 0.757. The van der Waals surface area contributed by atoms with Crippen LogP contribution < -0.4 is 0 Å². The lowest BCUT2D eigenvalue weighted by Crippen LogP contribution is -2.29. The molecule has 0 amide bonds. The van der Waals surface area contributed by atoms with Crippen LogP contribution in [0.5, 0.6) is 0 Å². The van der Waals surface area contributed by atoms with E-state index in [9.17, 15) is 4.79 Å². The van der Waals surface area contributed by atoms with E-state index < -0.39 is 0 Å². The van der Waals surface area contributed by atoms with Crippen LogP contribution in [-0.4, -0.2) is 54.9 Å². The number of thiophene rings is 2. The van der Waals surface area contributed by atoms with Crippen molar-refractivity contribution in [3.63, 3.8) is 0 Å². The predicted molar refractivity (Wildman–Crippen MR) is 199 cm³/mol. The van der Waals surface area contributed by atoms with Crippen LogP contribution in [-0.2, 0) is 12.8 Å². The summed E-state index contributed by atoms with van der Waals surface area (Å²) in [5, 5.41) is 0. The number of ketones is 1. The minimum Gasteiger partial charge on any atom is -0.303 e. The molecule has 252 valence electrons. The van der Waals surface area contributed by atoms with Crippen LogP contribution in [0, 0.1) is 0 Å². The molecule has 0 saturated carbocycles.